The van der Waals surface area contributed by atoms with Gasteiger partial charge in [-0.15, -0.1) is 0 Å². The predicted molar refractivity (Wildman–Crippen MR) is 93.9 cm³/mol. The van der Waals surface area contributed by atoms with Gasteiger partial charge in [0.2, 0.25) is 0 Å². The van der Waals surface area contributed by atoms with E-state index in [1.165, 1.54) is 24.3 Å². The van der Waals surface area contributed by atoms with Crippen molar-refractivity contribution in [2.45, 2.75) is 0 Å². The first kappa shape index (κ1) is 18.1. The fourth-order valence-electron chi connectivity index (χ4n) is 1.62. The summed E-state index contributed by atoms with van der Waals surface area (Å²) >= 11 is 35.7. The summed E-state index contributed by atoms with van der Waals surface area (Å²) in [5.74, 6) is 0.675. The molecule has 0 saturated heterocycles. The first-order chi connectivity index (χ1) is 10.4. The minimum Gasteiger partial charge on any atom is -0.487 e. The SMILES string of the molecule is Clc1cc(Cl)c(OCCOc2c(Cl)cc(Cl)cc2Cl)c(Cl)c1. The molecule has 0 heterocycles. The zero-order valence-electron chi connectivity index (χ0n) is 10.8. The molecule has 2 nitrogen and oxygen atoms in total. The second kappa shape index (κ2) is 8.05. The molecular formula is C14H8Cl6O2. The average Bonchev–Trinajstić information content (AvgIpc) is 2.38. The van der Waals surface area contributed by atoms with Crippen LogP contribution in [0.3, 0.4) is 0 Å². The zero-order chi connectivity index (χ0) is 16.3. The largest absolute Gasteiger partial charge is 0.487 e. The minimum atomic E-state index is 0.191. The van der Waals surface area contributed by atoms with Gasteiger partial charge in [-0.25, -0.2) is 0 Å². The fourth-order valence-corrected chi connectivity index (χ4v) is 3.47. The van der Waals surface area contributed by atoms with Crippen LogP contribution in [0.25, 0.3) is 0 Å². The van der Waals surface area contributed by atoms with Crippen LogP contribution >= 0.6 is 69.6 Å². The van der Waals surface area contributed by atoms with Crippen LogP contribution in [0.4, 0.5) is 0 Å². The van der Waals surface area contributed by atoms with E-state index >= 15 is 0 Å². The zero-order valence-corrected chi connectivity index (χ0v) is 15.3. The van der Waals surface area contributed by atoms with E-state index in [4.69, 9.17) is 79.1 Å². The number of halogens is 6. The molecule has 0 N–H and O–H groups in total. The summed E-state index contributed by atoms with van der Waals surface area (Å²) in [6.07, 6.45) is 0. The molecule has 2 aromatic rings. The van der Waals surface area contributed by atoms with Crippen LogP contribution < -0.4 is 9.47 Å². The number of rotatable bonds is 5. The maximum atomic E-state index is 6.01. The van der Waals surface area contributed by atoms with Crippen LogP contribution in [-0.2, 0) is 0 Å². The fraction of sp³-hybridized carbons (Fsp3) is 0.143. The Labute approximate surface area is 157 Å². The van der Waals surface area contributed by atoms with Gasteiger partial charge in [0, 0.05) is 10.0 Å². The van der Waals surface area contributed by atoms with E-state index in [1.54, 1.807) is 0 Å². The Morgan fingerprint density at radius 3 is 1.09 bits per heavy atom. The Hall–Kier alpha value is -0.220. The molecule has 0 bridgehead atoms. The standard InChI is InChI=1S/C14H8Cl6O2/c15-7-3-9(17)13(10(18)4-7)21-1-2-22-14-11(19)5-8(16)6-12(14)20/h3-6H,1-2H2. The van der Waals surface area contributed by atoms with E-state index in [0.29, 0.717) is 41.6 Å². The van der Waals surface area contributed by atoms with Crippen molar-refractivity contribution in [1.82, 2.24) is 0 Å². The molecule has 0 unspecified atom stereocenters. The van der Waals surface area contributed by atoms with Gasteiger partial charge in [-0.05, 0) is 24.3 Å². The van der Waals surface area contributed by atoms with Gasteiger partial charge in [-0.1, -0.05) is 69.6 Å². The third-order valence-electron chi connectivity index (χ3n) is 2.50. The molecule has 0 aliphatic carbocycles. The smallest absolute Gasteiger partial charge is 0.156 e. The molecule has 0 aromatic heterocycles. The number of ether oxygens (including phenoxy) is 2. The van der Waals surface area contributed by atoms with Gasteiger partial charge in [0.25, 0.3) is 0 Å². The molecular weight excluding hydrogens is 413 g/mol. The van der Waals surface area contributed by atoms with Crippen LogP contribution in [0.2, 0.25) is 30.1 Å². The topological polar surface area (TPSA) is 18.5 Å². The van der Waals surface area contributed by atoms with Gasteiger partial charge in [-0.3, -0.25) is 0 Å². The van der Waals surface area contributed by atoms with E-state index in [-0.39, 0.29) is 13.2 Å². The number of hydrogen-bond donors (Lipinski definition) is 0. The maximum Gasteiger partial charge on any atom is 0.156 e. The summed E-state index contributed by atoms with van der Waals surface area (Å²) < 4.78 is 11.0. The summed E-state index contributed by atoms with van der Waals surface area (Å²) in [5.41, 5.74) is 0. The monoisotopic (exact) mass is 418 g/mol. The molecule has 118 valence electrons. The van der Waals surface area contributed by atoms with Crippen molar-refractivity contribution in [3.05, 3.63) is 54.4 Å². The van der Waals surface area contributed by atoms with Gasteiger partial charge in [-0.2, -0.15) is 0 Å². The minimum absolute atomic E-state index is 0.191. The third kappa shape index (κ3) is 4.64. The van der Waals surface area contributed by atoms with E-state index in [0.717, 1.165) is 0 Å². The highest BCUT2D eigenvalue weighted by Crippen LogP contribution is 2.37. The molecule has 0 saturated carbocycles. The summed E-state index contributed by atoms with van der Waals surface area (Å²) in [6.45, 7) is 0.382. The summed E-state index contributed by atoms with van der Waals surface area (Å²) in [7, 11) is 0. The molecule has 2 rings (SSSR count). The van der Waals surface area contributed by atoms with Crippen LogP contribution in [0, 0.1) is 0 Å². The Balaban J connectivity index is 1.96. The van der Waals surface area contributed by atoms with Crippen molar-refractivity contribution < 1.29 is 9.47 Å². The highest BCUT2D eigenvalue weighted by atomic mass is 35.5. The van der Waals surface area contributed by atoms with E-state index in [1.807, 2.05) is 0 Å². The van der Waals surface area contributed by atoms with Gasteiger partial charge >= 0.3 is 0 Å². The lowest BCUT2D eigenvalue weighted by molar-refractivity contribution is 0.217. The number of benzene rings is 2. The van der Waals surface area contributed by atoms with E-state index < -0.39 is 0 Å². The van der Waals surface area contributed by atoms with Crippen molar-refractivity contribution in [2.24, 2.45) is 0 Å². The molecule has 2 aromatic carbocycles. The predicted octanol–water partition coefficient (Wildman–Crippen LogP) is 7.06. The molecule has 0 aliphatic rings. The maximum absolute atomic E-state index is 6.01. The van der Waals surface area contributed by atoms with Gasteiger partial charge < -0.3 is 9.47 Å². The van der Waals surface area contributed by atoms with Crippen LogP contribution in [0.5, 0.6) is 11.5 Å². The van der Waals surface area contributed by atoms with Crippen LogP contribution in [-0.4, -0.2) is 13.2 Å². The van der Waals surface area contributed by atoms with Crippen LogP contribution in [0.1, 0.15) is 0 Å². The molecule has 0 radical (unpaired) electrons. The second-order valence-corrected chi connectivity index (χ2v) is 6.60. The molecule has 22 heavy (non-hydrogen) atoms. The lowest BCUT2D eigenvalue weighted by Crippen LogP contribution is -2.10. The lowest BCUT2D eigenvalue weighted by atomic mass is 10.3. The van der Waals surface area contributed by atoms with Gasteiger partial charge in [0.15, 0.2) is 11.5 Å². The first-order valence-corrected chi connectivity index (χ1v) is 8.20. The third-order valence-corrected chi connectivity index (χ3v) is 4.06. The Bertz CT molecular complexity index is 584. The van der Waals surface area contributed by atoms with Crippen molar-refractivity contribution in [3.8, 4) is 11.5 Å². The summed E-state index contributed by atoms with van der Waals surface area (Å²) in [5, 5.41) is 2.14. The molecule has 8 heteroatoms. The Morgan fingerprint density at radius 2 is 0.818 bits per heavy atom. The van der Waals surface area contributed by atoms with Crippen molar-refractivity contribution in [1.29, 1.82) is 0 Å². The van der Waals surface area contributed by atoms with Gasteiger partial charge in [0.05, 0.1) is 20.1 Å². The molecule has 0 fully saturated rings. The highest BCUT2D eigenvalue weighted by Gasteiger charge is 2.11. The normalized spacial score (nSPS) is 10.6. The van der Waals surface area contributed by atoms with E-state index in [2.05, 4.69) is 0 Å². The lowest BCUT2D eigenvalue weighted by Gasteiger charge is -2.13. The summed E-state index contributed by atoms with van der Waals surface area (Å²) in [4.78, 5) is 0. The molecule has 0 aliphatic heterocycles. The second-order valence-electron chi connectivity index (χ2n) is 4.09. The quantitative estimate of drug-likeness (QED) is 0.482. The molecule has 0 atom stereocenters. The average molecular weight is 421 g/mol. The van der Waals surface area contributed by atoms with Gasteiger partial charge in [0.1, 0.15) is 13.2 Å². The number of hydrogen-bond acceptors (Lipinski definition) is 2. The Kier molecular flexibility index (Phi) is 6.63. The Morgan fingerprint density at radius 1 is 0.545 bits per heavy atom. The first-order valence-electron chi connectivity index (χ1n) is 5.93. The highest BCUT2D eigenvalue weighted by molar-refractivity contribution is 6.40. The van der Waals surface area contributed by atoms with Crippen LogP contribution in [0.15, 0.2) is 24.3 Å². The van der Waals surface area contributed by atoms with Crippen molar-refractivity contribution >= 4 is 69.6 Å². The van der Waals surface area contributed by atoms with E-state index in [9.17, 15) is 0 Å². The molecule has 0 spiro atoms. The molecule has 0 amide bonds. The van der Waals surface area contributed by atoms with Crippen molar-refractivity contribution in [2.75, 3.05) is 13.2 Å². The van der Waals surface area contributed by atoms with Crippen molar-refractivity contribution in [3.63, 3.8) is 0 Å². The summed E-state index contributed by atoms with van der Waals surface area (Å²) in [6, 6.07) is 6.16.